The van der Waals surface area contributed by atoms with E-state index in [4.69, 9.17) is 15.2 Å². The molecule has 3 rings (SSSR count). The summed E-state index contributed by atoms with van der Waals surface area (Å²) in [6, 6.07) is 8.88. The quantitative estimate of drug-likeness (QED) is 0.606. The SMILES string of the molecule is CC(OCC1(CCN)OCc2ccccc21)c1cc(C(F)(F)F)cc(C(F)(F)F)c1. The molecule has 0 radical (unpaired) electrons. The molecular formula is C21H21F6NO2. The van der Waals surface area contributed by atoms with Gasteiger partial charge in [0.05, 0.1) is 30.4 Å². The zero-order valence-corrected chi connectivity index (χ0v) is 16.1. The van der Waals surface area contributed by atoms with Gasteiger partial charge in [-0.25, -0.2) is 0 Å². The number of ether oxygens (including phenoxy) is 2. The Morgan fingerprint density at radius 1 is 1.03 bits per heavy atom. The van der Waals surface area contributed by atoms with Crippen molar-refractivity contribution in [3.05, 3.63) is 70.3 Å². The van der Waals surface area contributed by atoms with E-state index in [-0.39, 0.29) is 24.8 Å². The summed E-state index contributed by atoms with van der Waals surface area (Å²) >= 11 is 0. The van der Waals surface area contributed by atoms with Crippen molar-refractivity contribution in [1.82, 2.24) is 0 Å². The molecule has 30 heavy (non-hydrogen) atoms. The van der Waals surface area contributed by atoms with Crippen molar-refractivity contribution >= 4 is 0 Å². The third kappa shape index (κ3) is 4.63. The molecule has 164 valence electrons. The normalized spacial score (nSPS) is 20.3. The second-order valence-corrected chi connectivity index (χ2v) is 7.27. The number of hydrogen-bond donors (Lipinski definition) is 1. The molecule has 2 aromatic rings. The number of fused-ring (bicyclic) bond motifs is 1. The minimum atomic E-state index is -4.91. The Labute approximate surface area is 169 Å². The first-order chi connectivity index (χ1) is 14.0. The average molecular weight is 433 g/mol. The van der Waals surface area contributed by atoms with E-state index in [0.29, 0.717) is 25.2 Å². The molecule has 0 saturated carbocycles. The van der Waals surface area contributed by atoms with Gasteiger partial charge in [0.15, 0.2) is 0 Å². The molecule has 2 unspecified atom stereocenters. The monoisotopic (exact) mass is 433 g/mol. The third-order valence-corrected chi connectivity index (χ3v) is 5.21. The van der Waals surface area contributed by atoms with Gasteiger partial charge in [0.1, 0.15) is 5.60 Å². The Kier molecular flexibility index (Phi) is 6.18. The first-order valence-corrected chi connectivity index (χ1v) is 9.30. The van der Waals surface area contributed by atoms with Gasteiger partial charge in [-0.2, -0.15) is 26.3 Å². The molecule has 3 nitrogen and oxygen atoms in total. The van der Waals surface area contributed by atoms with Gasteiger partial charge in [-0.05, 0) is 54.8 Å². The molecule has 0 aromatic heterocycles. The number of hydrogen-bond acceptors (Lipinski definition) is 3. The van der Waals surface area contributed by atoms with Crippen molar-refractivity contribution in [2.75, 3.05) is 13.2 Å². The highest BCUT2D eigenvalue weighted by Gasteiger charge is 2.41. The minimum absolute atomic E-state index is 0.0556. The van der Waals surface area contributed by atoms with Crippen LogP contribution in [-0.4, -0.2) is 13.2 Å². The van der Waals surface area contributed by atoms with Crippen LogP contribution in [0.5, 0.6) is 0 Å². The topological polar surface area (TPSA) is 44.5 Å². The Morgan fingerprint density at radius 3 is 2.20 bits per heavy atom. The van der Waals surface area contributed by atoms with E-state index >= 15 is 0 Å². The molecule has 0 aliphatic carbocycles. The molecule has 0 fully saturated rings. The van der Waals surface area contributed by atoms with Crippen LogP contribution in [0.2, 0.25) is 0 Å². The number of rotatable bonds is 6. The Hall–Kier alpha value is -2.10. The number of halogens is 6. The second-order valence-electron chi connectivity index (χ2n) is 7.27. The van der Waals surface area contributed by atoms with Gasteiger partial charge in [0.25, 0.3) is 0 Å². The second kappa shape index (κ2) is 8.20. The maximum atomic E-state index is 13.1. The van der Waals surface area contributed by atoms with E-state index in [1.807, 2.05) is 24.3 Å². The molecule has 2 aromatic carbocycles. The summed E-state index contributed by atoms with van der Waals surface area (Å²) in [5, 5.41) is 0. The summed E-state index contributed by atoms with van der Waals surface area (Å²) in [4.78, 5) is 0. The van der Waals surface area contributed by atoms with Gasteiger partial charge in [-0.15, -0.1) is 0 Å². The smallest absolute Gasteiger partial charge is 0.370 e. The van der Waals surface area contributed by atoms with Gasteiger partial charge in [-0.3, -0.25) is 0 Å². The van der Waals surface area contributed by atoms with Crippen LogP contribution in [0.1, 0.15) is 47.3 Å². The van der Waals surface area contributed by atoms with Crippen LogP contribution in [0.15, 0.2) is 42.5 Å². The maximum Gasteiger partial charge on any atom is 0.416 e. The molecule has 2 N–H and O–H groups in total. The Morgan fingerprint density at radius 2 is 1.63 bits per heavy atom. The van der Waals surface area contributed by atoms with E-state index in [1.165, 1.54) is 6.92 Å². The van der Waals surface area contributed by atoms with Gasteiger partial charge < -0.3 is 15.2 Å². The highest BCUT2D eigenvalue weighted by Crippen LogP contribution is 2.41. The summed E-state index contributed by atoms with van der Waals surface area (Å²) in [5.41, 5.74) is 3.67. The van der Waals surface area contributed by atoms with Gasteiger partial charge in [-0.1, -0.05) is 24.3 Å². The highest BCUT2D eigenvalue weighted by atomic mass is 19.4. The Bertz CT molecular complexity index is 860. The van der Waals surface area contributed by atoms with Crippen LogP contribution in [0.25, 0.3) is 0 Å². The summed E-state index contributed by atoms with van der Waals surface area (Å²) in [6.07, 6.45) is -10.5. The lowest BCUT2D eigenvalue weighted by atomic mass is 9.90. The summed E-state index contributed by atoms with van der Waals surface area (Å²) in [6.45, 7) is 1.95. The van der Waals surface area contributed by atoms with Crippen LogP contribution >= 0.6 is 0 Å². The van der Waals surface area contributed by atoms with Crippen molar-refractivity contribution < 1.29 is 35.8 Å². The summed E-state index contributed by atoms with van der Waals surface area (Å²) in [7, 11) is 0. The predicted molar refractivity (Wildman–Crippen MR) is 97.4 cm³/mol. The maximum absolute atomic E-state index is 13.1. The Balaban J connectivity index is 1.88. The van der Waals surface area contributed by atoms with Crippen molar-refractivity contribution in [1.29, 1.82) is 0 Å². The van der Waals surface area contributed by atoms with Crippen LogP contribution in [0, 0.1) is 0 Å². The average Bonchev–Trinajstić information content (AvgIpc) is 3.04. The van der Waals surface area contributed by atoms with Crippen LogP contribution < -0.4 is 5.73 Å². The highest BCUT2D eigenvalue weighted by molar-refractivity contribution is 5.36. The molecule has 1 heterocycles. The largest absolute Gasteiger partial charge is 0.416 e. The third-order valence-electron chi connectivity index (χ3n) is 5.21. The van der Waals surface area contributed by atoms with Crippen molar-refractivity contribution in [2.45, 2.75) is 44.0 Å². The molecule has 0 saturated heterocycles. The van der Waals surface area contributed by atoms with Crippen molar-refractivity contribution in [2.24, 2.45) is 5.73 Å². The van der Waals surface area contributed by atoms with E-state index in [0.717, 1.165) is 11.1 Å². The van der Waals surface area contributed by atoms with Gasteiger partial charge in [0, 0.05) is 0 Å². The fraction of sp³-hybridized carbons (Fsp3) is 0.429. The van der Waals surface area contributed by atoms with Gasteiger partial charge in [0.2, 0.25) is 0 Å². The molecule has 0 bridgehead atoms. The van der Waals surface area contributed by atoms with Crippen molar-refractivity contribution in [3.63, 3.8) is 0 Å². The van der Waals surface area contributed by atoms with Gasteiger partial charge >= 0.3 is 12.4 Å². The van der Waals surface area contributed by atoms with Crippen LogP contribution in [-0.2, 0) is 34.0 Å². The molecule has 1 aliphatic heterocycles. The van der Waals surface area contributed by atoms with Crippen molar-refractivity contribution in [3.8, 4) is 0 Å². The zero-order chi connectivity index (χ0) is 22.2. The molecule has 9 heteroatoms. The standard InChI is InChI=1S/C21H21F6NO2/c1-13(15-8-16(20(22,23)24)10-17(9-15)21(25,26)27)29-12-19(6-7-28)18-5-3-2-4-14(18)11-30-19/h2-5,8-10,13H,6-7,11-12,28H2,1H3. The first kappa shape index (κ1) is 22.6. The fourth-order valence-corrected chi connectivity index (χ4v) is 3.59. The fourth-order valence-electron chi connectivity index (χ4n) is 3.59. The summed E-state index contributed by atoms with van der Waals surface area (Å²) in [5.74, 6) is 0. The van der Waals surface area contributed by atoms with Crippen LogP contribution in [0.4, 0.5) is 26.3 Å². The van der Waals surface area contributed by atoms with E-state index in [1.54, 1.807) is 0 Å². The molecule has 0 spiro atoms. The number of alkyl halides is 6. The lowest BCUT2D eigenvalue weighted by molar-refractivity contribution is -0.143. The first-order valence-electron chi connectivity index (χ1n) is 9.30. The molecule has 1 aliphatic rings. The minimum Gasteiger partial charge on any atom is -0.370 e. The van der Waals surface area contributed by atoms with E-state index in [2.05, 4.69) is 0 Å². The molecular weight excluding hydrogens is 412 g/mol. The lowest BCUT2D eigenvalue weighted by Gasteiger charge is -2.31. The number of nitrogens with two attached hydrogens (primary N) is 1. The zero-order valence-electron chi connectivity index (χ0n) is 16.1. The van der Waals surface area contributed by atoms with E-state index in [9.17, 15) is 26.3 Å². The van der Waals surface area contributed by atoms with E-state index < -0.39 is 35.2 Å². The lowest BCUT2D eigenvalue weighted by Crippen LogP contribution is -2.34. The molecule has 0 amide bonds. The predicted octanol–water partition coefficient (Wildman–Crippen LogP) is 5.58. The van der Waals surface area contributed by atoms with Crippen LogP contribution in [0.3, 0.4) is 0 Å². The number of benzene rings is 2. The molecule has 2 atom stereocenters. The summed E-state index contributed by atoms with van der Waals surface area (Å²) < 4.78 is 90.4.